The molecule has 0 aliphatic carbocycles. The zero-order chi connectivity index (χ0) is 9.86. The normalized spacial score (nSPS) is 19.2. The van der Waals surface area contributed by atoms with Crippen LogP contribution in [-0.4, -0.2) is 26.3 Å². The highest BCUT2D eigenvalue weighted by molar-refractivity contribution is 4.98. The third kappa shape index (κ3) is 2.36. The molecule has 14 heavy (non-hydrogen) atoms. The average Bonchev–Trinajstić information content (AvgIpc) is 2.62. The fourth-order valence-electron chi connectivity index (χ4n) is 1.61. The summed E-state index contributed by atoms with van der Waals surface area (Å²) in [6.07, 6.45) is 2.68. The second kappa shape index (κ2) is 4.15. The van der Waals surface area contributed by atoms with E-state index in [9.17, 15) is 0 Å². The maximum atomic E-state index is 5.24. The minimum atomic E-state index is 0.364. The summed E-state index contributed by atoms with van der Waals surface area (Å²) >= 11 is 0. The first-order valence-electron chi connectivity index (χ1n) is 5.09. The molecule has 2 heterocycles. The molecule has 0 spiro atoms. The Hall–Kier alpha value is -0.800. The van der Waals surface area contributed by atoms with E-state index < -0.39 is 0 Å². The fourth-order valence-corrected chi connectivity index (χ4v) is 1.61. The molecule has 1 aromatic heterocycles. The molecule has 1 aliphatic rings. The van der Waals surface area contributed by atoms with Gasteiger partial charge in [-0.15, -0.1) is 0 Å². The second-order valence-electron chi connectivity index (χ2n) is 4.31. The minimum Gasteiger partial charge on any atom is -0.469 e. The molecule has 0 bridgehead atoms. The van der Waals surface area contributed by atoms with Crippen molar-refractivity contribution >= 4 is 0 Å². The lowest BCUT2D eigenvalue weighted by Gasteiger charge is -2.38. The van der Waals surface area contributed by atoms with Crippen molar-refractivity contribution in [3.8, 4) is 0 Å². The van der Waals surface area contributed by atoms with Gasteiger partial charge >= 0.3 is 0 Å². The van der Waals surface area contributed by atoms with Gasteiger partial charge in [0.2, 0.25) is 0 Å². The van der Waals surface area contributed by atoms with E-state index in [1.54, 1.807) is 6.26 Å². The third-order valence-corrected chi connectivity index (χ3v) is 2.58. The van der Waals surface area contributed by atoms with Gasteiger partial charge in [0.05, 0.1) is 19.5 Å². The molecule has 78 valence electrons. The molecule has 1 N–H and O–H groups in total. The van der Waals surface area contributed by atoms with Crippen molar-refractivity contribution in [3.05, 3.63) is 24.2 Å². The monoisotopic (exact) mass is 195 g/mol. The SMILES string of the molecule is CC1(CNCCc2ccco2)COC1. The predicted octanol–water partition coefficient (Wildman–Crippen LogP) is 1.45. The molecule has 0 radical (unpaired) electrons. The Morgan fingerprint density at radius 2 is 2.36 bits per heavy atom. The van der Waals surface area contributed by atoms with Gasteiger partial charge in [-0.1, -0.05) is 6.92 Å². The Morgan fingerprint density at radius 3 is 2.93 bits per heavy atom. The van der Waals surface area contributed by atoms with Crippen molar-refractivity contribution in [1.29, 1.82) is 0 Å². The summed E-state index contributed by atoms with van der Waals surface area (Å²) in [6, 6.07) is 3.94. The molecule has 0 saturated carbocycles. The summed E-state index contributed by atoms with van der Waals surface area (Å²) in [6.45, 7) is 6.04. The van der Waals surface area contributed by atoms with E-state index in [0.717, 1.165) is 38.5 Å². The van der Waals surface area contributed by atoms with E-state index in [0.29, 0.717) is 5.41 Å². The van der Waals surface area contributed by atoms with Crippen LogP contribution in [0.1, 0.15) is 12.7 Å². The molecule has 1 aromatic rings. The average molecular weight is 195 g/mol. The molecular formula is C11H17NO2. The number of nitrogens with one attached hydrogen (secondary N) is 1. The molecule has 3 nitrogen and oxygen atoms in total. The van der Waals surface area contributed by atoms with Crippen molar-refractivity contribution < 1.29 is 9.15 Å². The standard InChI is InChI=1S/C11H17NO2/c1-11(8-13-9-11)7-12-5-4-10-3-2-6-14-10/h2-3,6,12H,4-5,7-9H2,1H3. The quantitative estimate of drug-likeness (QED) is 0.722. The number of rotatable bonds is 5. The van der Waals surface area contributed by atoms with Gasteiger partial charge in [0.15, 0.2) is 0 Å². The first kappa shape index (κ1) is 9.74. The highest BCUT2D eigenvalue weighted by Gasteiger charge is 2.32. The van der Waals surface area contributed by atoms with Crippen molar-refractivity contribution in [2.45, 2.75) is 13.3 Å². The maximum absolute atomic E-state index is 5.24. The highest BCUT2D eigenvalue weighted by atomic mass is 16.5. The number of ether oxygens (including phenoxy) is 1. The first-order valence-corrected chi connectivity index (χ1v) is 5.09. The second-order valence-corrected chi connectivity index (χ2v) is 4.31. The van der Waals surface area contributed by atoms with Crippen LogP contribution in [0.4, 0.5) is 0 Å². The largest absolute Gasteiger partial charge is 0.469 e. The molecule has 1 fully saturated rings. The van der Waals surface area contributed by atoms with Crippen molar-refractivity contribution in [2.24, 2.45) is 5.41 Å². The van der Waals surface area contributed by atoms with Crippen LogP contribution in [0.2, 0.25) is 0 Å². The van der Waals surface area contributed by atoms with E-state index in [1.165, 1.54) is 0 Å². The maximum Gasteiger partial charge on any atom is 0.105 e. The van der Waals surface area contributed by atoms with Gasteiger partial charge in [-0.2, -0.15) is 0 Å². The van der Waals surface area contributed by atoms with Gasteiger partial charge in [0.1, 0.15) is 5.76 Å². The van der Waals surface area contributed by atoms with E-state index >= 15 is 0 Å². The first-order chi connectivity index (χ1) is 6.79. The summed E-state index contributed by atoms with van der Waals surface area (Å²) in [5.41, 5.74) is 0.364. The van der Waals surface area contributed by atoms with Gasteiger partial charge in [-0.25, -0.2) is 0 Å². The minimum absolute atomic E-state index is 0.364. The van der Waals surface area contributed by atoms with Crippen LogP contribution in [0.5, 0.6) is 0 Å². The lowest BCUT2D eigenvalue weighted by atomic mass is 9.89. The van der Waals surface area contributed by atoms with Crippen LogP contribution in [0.15, 0.2) is 22.8 Å². The van der Waals surface area contributed by atoms with Crippen LogP contribution in [0.3, 0.4) is 0 Å². The van der Waals surface area contributed by atoms with Crippen LogP contribution < -0.4 is 5.32 Å². The zero-order valence-electron chi connectivity index (χ0n) is 8.58. The number of furan rings is 1. The number of hydrogen-bond donors (Lipinski definition) is 1. The van der Waals surface area contributed by atoms with E-state index in [1.807, 2.05) is 12.1 Å². The molecule has 3 heteroatoms. The summed E-state index contributed by atoms with van der Waals surface area (Å²) in [5, 5.41) is 3.43. The highest BCUT2D eigenvalue weighted by Crippen LogP contribution is 2.24. The summed E-state index contributed by atoms with van der Waals surface area (Å²) < 4.78 is 10.4. The van der Waals surface area contributed by atoms with E-state index in [-0.39, 0.29) is 0 Å². The van der Waals surface area contributed by atoms with Gasteiger partial charge in [0.25, 0.3) is 0 Å². The van der Waals surface area contributed by atoms with Gasteiger partial charge < -0.3 is 14.5 Å². The Balaban J connectivity index is 1.59. The van der Waals surface area contributed by atoms with Gasteiger partial charge in [-0.3, -0.25) is 0 Å². The molecule has 0 unspecified atom stereocenters. The lowest BCUT2D eigenvalue weighted by Crippen LogP contribution is -2.47. The predicted molar refractivity (Wildman–Crippen MR) is 54.2 cm³/mol. The smallest absolute Gasteiger partial charge is 0.105 e. The van der Waals surface area contributed by atoms with Crippen LogP contribution in [0.25, 0.3) is 0 Å². The summed E-state index contributed by atoms with van der Waals surface area (Å²) in [5.74, 6) is 1.05. The summed E-state index contributed by atoms with van der Waals surface area (Å²) in [7, 11) is 0. The molecule has 1 aliphatic heterocycles. The van der Waals surface area contributed by atoms with Gasteiger partial charge in [0, 0.05) is 24.9 Å². The Labute approximate surface area is 84.4 Å². The van der Waals surface area contributed by atoms with Crippen molar-refractivity contribution in [3.63, 3.8) is 0 Å². The fraction of sp³-hybridized carbons (Fsp3) is 0.636. The van der Waals surface area contributed by atoms with Crippen molar-refractivity contribution in [2.75, 3.05) is 26.3 Å². The van der Waals surface area contributed by atoms with Crippen LogP contribution >= 0.6 is 0 Å². The molecule has 0 amide bonds. The van der Waals surface area contributed by atoms with Crippen molar-refractivity contribution in [1.82, 2.24) is 5.32 Å². The Morgan fingerprint density at radius 1 is 1.50 bits per heavy atom. The third-order valence-electron chi connectivity index (χ3n) is 2.58. The van der Waals surface area contributed by atoms with Gasteiger partial charge in [-0.05, 0) is 12.1 Å². The van der Waals surface area contributed by atoms with E-state index in [4.69, 9.17) is 9.15 Å². The molecular weight excluding hydrogens is 178 g/mol. The Bertz CT molecular complexity index is 265. The summed E-state index contributed by atoms with van der Waals surface area (Å²) in [4.78, 5) is 0. The Kier molecular flexibility index (Phi) is 2.89. The zero-order valence-corrected chi connectivity index (χ0v) is 8.58. The topological polar surface area (TPSA) is 34.4 Å². The number of hydrogen-bond acceptors (Lipinski definition) is 3. The molecule has 1 saturated heterocycles. The van der Waals surface area contributed by atoms with E-state index in [2.05, 4.69) is 12.2 Å². The molecule has 0 aromatic carbocycles. The lowest BCUT2D eigenvalue weighted by molar-refractivity contribution is -0.0989. The molecule has 0 atom stereocenters. The van der Waals surface area contributed by atoms with Crippen LogP contribution in [-0.2, 0) is 11.2 Å². The van der Waals surface area contributed by atoms with Crippen LogP contribution in [0, 0.1) is 5.41 Å². The molecule has 2 rings (SSSR count).